The minimum atomic E-state index is -0.762. The fourth-order valence-electron chi connectivity index (χ4n) is 1.08. The summed E-state index contributed by atoms with van der Waals surface area (Å²) in [6, 6.07) is 1.50. The number of ether oxygens (including phenoxy) is 3. The van der Waals surface area contributed by atoms with Gasteiger partial charge in [-0.2, -0.15) is 0 Å². The summed E-state index contributed by atoms with van der Waals surface area (Å²) >= 11 is 0. The van der Waals surface area contributed by atoms with E-state index in [2.05, 4.69) is 9.72 Å². The highest BCUT2D eigenvalue weighted by atomic mass is 16.7. The molecule has 2 N–H and O–H groups in total. The monoisotopic (exact) mass is 328 g/mol. The minimum absolute atomic E-state index is 0.0451. The molecule has 23 heavy (non-hydrogen) atoms. The molecule has 8 nitrogen and oxygen atoms in total. The van der Waals surface area contributed by atoms with E-state index >= 15 is 0 Å². The number of aromatic nitrogens is 1. The van der Waals surface area contributed by atoms with Crippen LogP contribution in [0.5, 0.6) is 11.5 Å². The quantitative estimate of drug-likeness (QED) is 0.479. The molecule has 1 heterocycles. The van der Waals surface area contributed by atoms with Crippen molar-refractivity contribution in [1.82, 2.24) is 4.98 Å². The second-order valence-corrected chi connectivity index (χ2v) is 3.53. The number of nitrogens with zero attached hydrogens (tertiary/aromatic N) is 1. The lowest BCUT2D eigenvalue weighted by molar-refractivity contribution is -0.147. The summed E-state index contributed by atoms with van der Waals surface area (Å²) in [4.78, 5) is 34.6. The van der Waals surface area contributed by atoms with Crippen molar-refractivity contribution in [2.75, 3.05) is 13.9 Å². The van der Waals surface area contributed by atoms with Gasteiger partial charge in [0, 0.05) is 25.6 Å². The first kappa shape index (κ1) is 22.6. The number of carbonyl (C=O) groups is 3. The largest absolute Gasteiger partial charge is 0.493 e. The number of hydrogen-bond acceptors (Lipinski definition) is 7. The summed E-state index contributed by atoms with van der Waals surface area (Å²) in [5.41, 5.74) is 5.04. The van der Waals surface area contributed by atoms with Gasteiger partial charge in [0.15, 0.2) is 17.2 Å². The molecule has 130 valence electrons. The van der Waals surface area contributed by atoms with Crippen LogP contribution < -0.4 is 15.2 Å². The normalized spacial score (nSPS) is 8.39. The number of rotatable bonds is 6. The van der Waals surface area contributed by atoms with Crippen molar-refractivity contribution in [1.29, 1.82) is 0 Å². The summed E-state index contributed by atoms with van der Waals surface area (Å²) in [7, 11) is 1.40. The molecular formula is C15H24N2O6. The van der Waals surface area contributed by atoms with Gasteiger partial charge in [-0.25, -0.2) is 4.98 Å². The molecule has 8 heteroatoms. The van der Waals surface area contributed by atoms with Crippen LogP contribution in [0.25, 0.3) is 0 Å². The zero-order valence-corrected chi connectivity index (χ0v) is 14.1. The smallest absolute Gasteiger partial charge is 0.305 e. The van der Waals surface area contributed by atoms with Crippen molar-refractivity contribution >= 4 is 18.2 Å². The number of hydrogen-bond donors (Lipinski definition) is 1. The Labute approximate surface area is 135 Å². The van der Waals surface area contributed by atoms with E-state index in [-0.39, 0.29) is 24.0 Å². The van der Waals surface area contributed by atoms with Gasteiger partial charge in [0.05, 0.1) is 7.11 Å². The van der Waals surface area contributed by atoms with E-state index in [1.165, 1.54) is 26.3 Å². The summed E-state index contributed by atoms with van der Waals surface area (Å²) in [5.74, 6) is -0.945. The molecule has 0 saturated heterocycles. The molecule has 1 aromatic rings. The van der Waals surface area contributed by atoms with Crippen LogP contribution >= 0.6 is 0 Å². The van der Waals surface area contributed by atoms with Gasteiger partial charge in [0.25, 0.3) is 5.91 Å². The molecule has 0 aliphatic heterocycles. The average Bonchev–Trinajstić information content (AvgIpc) is 2.56. The Morgan fingerprint density at radius 3 is 2.30 bits per heavy atom. The van der Waals surface area contributed by atoms with Crippen LogP contribution in [-0.2, 0) is 14.3 Å². The van der Waals surface area contributed by atoms with Gasteiger partial charge in [0.1, 0.15) is 6.29 Å². The number of esters is 1. The van der Waals surface area contributed by atoms with Gasteiger partial charge >= 0.3 is 5.97 Å². The Morgan fingerprint density at radius 2 is 1.91 bits per heavy atom. The van der Waals surface area contributed by atoms with Crippen molar-refractivity contribution in [2.24, 2.45) is 5.73 Å². The third kappa shape index (κ3) is 9.83. The molecule has 0 aliphatic rings. The Balaban J connectivity index is 0. The zero-order chi connectivity index (χ0) is 18.3. The fourth-order valence-corrected chi connectivity index (χ4v) is 1.08. The second kappa shape index (κ2) is 14.3. The van der Waals surface area contributed by atoms with Gasteiger partial charge in [-0.1, -0.05) is 20.8 Å². The maximum Gasteiger partial charge on any atom is 0.305 e. The number of methoxy groups -OCH3 is 1. The highest BCUT2D eigenvalue weighted by Crippen LogP contribution is 2.29. The third-order valence-corrected chi connectivity index (χ3v) is 1.95. The summed E-state index contributed by atoms with van der Waals surface area (Å²) in [5, 5.41) is 0. The van der Waals surface area contributed by atoms with Crippen LogP contribution in [-0.4, -0.2) is 37.0 Å². The molecule has 0 radical (unpaired) electrons. The lowest BCUT2D eigenvalue weighted by Crippen LogP contribution is -2.17. The van der Waals surface area contributed by atoms with E-state index in [0.29, 0.717) is 6.42 Å². The number of primary amides is 1. The minimum Gasteiger partial charge on any atom is -0.493 e. The number of aldehydes is 1. The Morgan fingerprint density at radius 1 is 1.35 bits per heavy atom. The van der Waals surface area contributed by atoms with Gasteiger partial charge in [-0.3, -0.25) is 9.59 Å². The summed E-state index contributed by atoms with van der Waals surface area (Å²) in [6.07, 6.45) is 2.87. The lowest BCUT2D eigenvalue weighted by Gasteiger charge is -2.12. The molecule has 1 amide bonds. The molecular weight excluding hydrogens is 304 g/mol. The first-order valence-electron chi connectivity index (χ1n) is 7.00. The fraction of sp³-hybridized carbons (Fsp3) is 0.467. The molecule has 0 aliphatic carbocycles. The van der Waals surface area contributed by atoms with Crippen LogP contribution in [0.4, 0.5) is 0 Å². The van der Waals surface area contributed by atoms with Gasteiger partial charge in [0.2, 0.25) is 6.79 Å². The zero-order valence-electron chi connectivity index (χ0n) is 14.1. The highest BCUT2D eigenvalue weighted by molar-refractivity contribution is 5.94. The van der Waals surface area contributed by atoms with E-state index in [9.17, 15) is 14.4 Å². The molecule has 0 spiro atoms. The van der Waals surface area contributed by atoms with Crippen LogP contribution in [0, 0.1) is 0 Å². The van der Waals surface area contributed by atoms with Gasteiger partial charge in [-0.05, 0) is 0 Å². The predicted octanol–water partition coefficient (Wildman–Crippen LogP) is 1.71. The number of carbonyl (C=O) groups excluding carboxylic acids is 3. The SMILES string of the molecule is CC.CCC=O.COc1ccnc(C(N)=O)c1OCOC(C)=O. The van der Waals surface area contributed by atoms with Crippen molar-refractivity contribution in [3.8, 4) is 11.5 Å². The average molecular weight is 328 g/mol. The highest BCUT2D eigenvalue weighted by Gasteiger charge is 2.16. The molecule has 0 fully saturated rings. The van der Waals surface area contributed by atoms with E-state index in [1.54, 1.807) is 0 Å². The molecule has 1 aromatic heterocycles. The van der Waals surface area contributed by atoms with Crippen LogP contribution in [0.1, 0.15) is 44.6 Å². The van der Waals surface area contributed by atoms with E-state index in [0.717, 1.165) is 6.29 Å². The van der Waals surface area contributed by atoms with Crippen molar-refractivity contribution < 1.29 is 28.6 Å². The summed E-state index contributed by atoms with van der Waals surface area (Å²) < 4.78 is 14.7. The van der Waals surface area contributed by atoms with Crippen molar-refractivity contribution in [2.45, 2.75) is 34.1 Å². The first-order chi connectivity index (χ1) is 11.0. The lowest BCUT2D eigenvalue weighted by atomic mass is 10.3. The number of nitrogens with two attached hydrogens (primary N) is 1. The Kier molecular flexibility index (Phi) is 14.1. The number of pyridine rings is 1. The van der Waals surface area contributed by atoms with E-state index in [4.69, 9.17) is 15.2 Å². The molecule has 0 aromatic carbocycles. The molecule has 1 rings (SSSR count). The topological polar surface area (TPSA) is 118 Å². The van der Waals surface area contributed by atoms with Gasteiger partial charge < -0.3 is 24.7 Å². The van der Waals surface area contributed by atoms with Gasteiger partial charge in [-0.15, -0.1) is 0 Å². The van der Waals surface area contributed by atoms with Crippen molar-refractivity contribution in [3.63, 3.8) is 0 Å². The maximum atomic E-state index is 11.1. The third-order valence-electron chi connectivity index (χ3n) is 1.95. The Bertz CT molecular complexity index is 491. The number of amides is 1. The summed E-state index contributed by atoms with van der Waals surface area (Å²) in [6.45, 7) is 6.70. The second-order valence-electron chi connectivity index (χ2n) is 3.53. The molecule has 0 atom stereocenters. The van der Waals surface area contributed by atoms with E-state index < -0.39 is 11.9 Å². The molecule has 0 saturated carbocycles. The first-order valence-corrected chi connectivity index (χ1v) is 7.00. The van der Waals surface area contributed by atoms with Crippen LogP contribution in [0.15, 0.2) is 12.3 Å². The van der Waals surface area contributed by atoms with Crippen LogP contribution in [0.2, 0.25) is 0 Å². The van der Waals surface area contributed by atoms with Crippen LogP contribution in [0.3, 0.4) is 0 Å². The predicted molar refractivity (Wildman–Crippen MR) is 84.3 cm³/mol. The maximum absolute atomic E-state index is 11.1. The molecule has 0 bridgehead atoms. The van der Waals surface area contributed by atoms with Crippen molar-refractivity contribution in [3.05, 3.63) is 18.0 Å². The van der Waals surface area contributed by atoms with E-state index in [1.807, 2.05) is 20.8 Å². The Hall–Kier alpha value is -2.64. The standard InChI is InChI=1S/C10H12N2O5.C3H6O.C2H6/c1-6(13)16-5-17-9-7(15-2)3-4-12-8(9)10(11)14;1-2-3-4;1-2/h3-4H,5H2,1-2H3,(H2,11,14);3H,2H2,1H3;1-2H3. The molecule has 0 unspecified atom stereocenters.